The van der Waals surface area contributed by atoms with E-state index in [4.69, 9.17) is 11.6 Å². The molecule has 1 atom stereocenters. The molecule has 5 heteroatoms. The highest BCUT2D eigenvalue weighted by Crippen LogP contribution is 2.10. The minimum atomic E-state index is 0.459. The maximum atomic E-state index is 5.96. The Morgan fingerprint density at radius 2 is 2.12 bits per heavy atom. The molecule has 0 radical (unpaired) electrons. The molecule has 1 aromatic heterocycles. The molecule has 0 saturated heterocycles. The van der Waals surface area contributed by atoms with Gasteiger partial charge in [0.2, 0.25) is 0 Å². The molecule has 1 rings (SSSR count). The van der Waals surface area contributed by atoms with E-state index >= 15 is 0 Å². The van der Waals surface area contributed by atoms with Crippen LogP contribution in [0.4, 0.5) is 0 Å². The van der Waals surface area contributed by atoms with Gasteiger partial charge in [-0.2, -0.15) is 0 Å². The number of halogens is 1. The third-order valence-electron chi connectivity index (χ3n) is 2.92. The zero-order chi connectivity index (χ0) is 13.0. The molecule has 0 aliphatic carbocycles. The summed E-state index contributed by atoms with van der Waals surface area (Å²) < 4.78 is 1.90. The average Bonchev–Trinajstić information content (AvgIpc) is 2.54. The lowest BCUT2D eigenvalue weighted by atomic mass is 10.0. The monoisotopic (exact) mass is 258 g/mol. The van der Waals surface area contributed by atoms with Gasteiger partial charge >= 0.3 is 0 Å². The van der Waals surface area contributed by atoms with E-state index < -0.39 is 0 Å². The lowest BCUT2D eigenvalue weighted by Gasteiger charge is -2.25. The van der Waals surface area contributed by atoms with Crippen LogP contribution >= 0.6 is 11.6 Å². The van der Waals surface area contributed by atoms with Gasteiger partial charge in [-0.3, -0.25) is 0 Å². The van der Waals surface area contributed by atoms with Gasteiger partial charge in [0.05, 0.1) is 12.7 Å². The smallest absolute Gasteiger partial charge is 0.128 e. The molecule has 1 aromatic rings. The first-order valence-electron chi connectivity index (χ1n) is 5.96. The second-order valence-corrected chi connectivity index (χ2v) is 5.44. The van der Waals surface area contributed by atoms with E-state index in [1.807, 2.05) is 11.6 Å². The van der Waals surface area contributed by atoms with Gasteiger partial charge in [-0.1, -0.05) is 25.4 Å². The second kappa shape index (κ2) is 6.38. The number of likely N-dealkylation sites (N-methyl/N-ethyl adjacent to an activating group) is 1. The minimum absolute atomic E-state index is 0.459. The third-order valence-corrected chi connectivity index (χ3v) is 3.27. The zero-order valence-corrected chi connectivity index (χ0v) is 12.1. The quantitative estimate of drug-likeness (QED) is 0.844. The minimum Gasteiger partial charge on any atom is -0.321 e. The van der Waals surface area contributed by atoms with Crippen LogP contribution in [-0.2, 0) is 13.6 Å². The second-order valence-electron chi connectivity index (χ2n) is 5.05. The number of nitrogens with one attached hydrogen (secondary N) is 1. The summed E-state index contributed by atoms with van der Waals surface area (Å²) in [5, 5.41) is 4.21. The van der Waals surface area contributed by atoms with Crippen LogP contribution in [0.5, 0.6) is 0 Å². The summed E-state index contributed by atoms with van der Waals surface area (Å²) in [6.07, 6.45) is 1.69. The molecule has 0 aromatic carbocycles. The first-order chi connectivity index (χ1) is 7.91. The van der Waals surface area contributed by atoms with Gasteiger partial charge in [0, 0.05) is 19.6 Å². The van der Waals surface area contributed by atoms with Gasteiger partial charge in [-0.15, -0.1) is 0 Å². The summed E-state index contributed by atoms with van der Waals surface area (Å²) in [4.78, 5) is 6.48. The van der Waals surface area contributed by atoms with E-state index in [1.54, 1.807) is 6.20 Å². The summed E-state index contributed by atoms with van der Waals surface area (Å²) in [6.45, 7) is 6.23. The predicted molar refractivity (Wildman–Crippen MR) is 72.2 cm³/mol. The van der Waals surface area contributed by atoms with Crippen molar-refractivity contribution in [2.75, 3.05) is 20.6 Å². The molecular formula is C12H23ClN4. The summed E-state index contributed by atoms with van der Waals surface area (Å²) in [5.74, 6) is 1.56. The van der Waals surface area contributed by atoms with Gasteiger partial charge in [0.25, 0.3) is 0 Å². The molecule has 0 saturated carbocycles. The molecule has 98 valence electrons. The fraction of sp³-hybridized carbons (Fsp3) is 0.750. The highest BCUT2D eigenvalue weighted by atomic mass is 35.5. The van der Waals surface area contributed by atoms with E-state index in [9.17, 15) is 0 Å². The van der Waals surface area contributed by atoms with Crippen molar-refractivity contribution in [1.29, 1.82) is 0 Å². The van der Waals surface area contributed by atoms with Crippen molar-refractivity contribution in [2.24, 2.45) is 13.0 Å². The lowest BCUT2D eigenvalue weighted by molar-refractivity contribution is 0.286. The number of hydrogen-bond acceptors (Lipinski definition) is 3. The van der Waals surface area contributed by atoms with Gasteiger partial charge in [0.15, 0.2) is 0 Å². The van der Waals surface area contributed by atoms with Crippen molar-refractivity contribution in [3.8, 4) is 0 Å². The van der Waals surface area contributed by atoms with Crippen LogP contribution in [0, 0.1) is 5.92 Å². The fourth-order valence-electron chi connectivity index (χ4n) is 1.72. The maximum absolute atomic E-state index is 5.96. The number of rotatable bonds is 6. The Kier molecular flexibility index (Phi) is 5.43. The first kappa shape index (κ1) is 14.5. The first-order valence-corrected chi connectivity index (χ1v) is 6.33. The number of aromatic nitrogens is 2. The van der Waals surface area contributed by atoms with E-state index in [0.717, 1.165) is 18.9 Å². The van der Waals surface area contributed by atoms with Gasteiger partial charge in [-0.25, -0.2) is 4.98 Å². The van der Waals surface area contributed by atoms with Crippen LogP contribution in [0.15, 0.2) is 6.20 Å². The summed E-state index contributed by atoms with van der Waals surface area (Å²) >= 11 is 5.96. The highest BCUT2D eigenvalue weighted by molar-refractivity contribution is 6.29. The van der Waals surface area contributed by atoms with Crippen LogP contribution in [-0.4, -0.2) is 41.1 Å². The molecule has 1 N–H and O–H groups in total. The Hall–Kier alpha value is -0.580. The number of hydrogen-bond donors (Lipinski definition) is 1. The Labute approximate surface area is 109 Å². The molecule has 1 heterocycles. The molecule has 0 spiro atoms. The van der Waals surface area contributed by atoms with Gasteiger partial charge in [-0.05, 0) is 20.0 Å². The van der Waals surface area contributed by atoms with Crippen LogP contribution in [0.2, 0.25) is 5.15 Å². The SMILES string of the molecule is CC(C)C(CN(C)C)NCc1ncc(Cl)n1C. The molecule has 0 aliphatic heterocycles. The normalized spacial score (nSPS) is 13.6. The largest absolute Gasteiger partial charge is 0.321 e. The lowest BCUT2D eigenvalue weighted by Crippen LogP contribution is -2.41. The van der Waals surface area contributed by atoms with Crippen molar-refractivity contribution >= 4 is 11.6 Å². The number of nitrogens with zero attached hydrogens (tertiary/aromatic N) is 3. The van der Waals surface area contributed by atoms with Gasteiger partial charge in [0.1, 0.15) is 11.0 Å². The highest BCUT2D eigenvalue weighted by Gasteiger charge is 2.14. The molecule has 4 nitrogen and oxygen atoms in total. The predicted octanol–water partition coefficient (Wildman–Crippen LogP) is 1.75. The molecule has 0 fully saturated rings. The topological polar surface area (TPSA) is 33.1 Å². The van der Waals surface area contributed by atoms with Crippen LogP contribution < -0.4 is 5.32 Å². The maximum Gasteiger partial charge on any atom is 0.128 e. The fourth-order valence-corrected chi connectivity index (χ4v) is 1.86. The van der Waals surface area contributed by atoms with E-state index in [-0.39, 0.29) is 0 Å². The van der Waals surface area contributed by atoms with Crippen molar-refractivity contribution < 1.29 is 0 Å². The van der Waals surface area contributed by atoms with E-state index in [1.165, 1.54) is 0 Å². The van der Waals surface area contributed by atoms with Crippen LogP contribution in [0.1, 0.15) is 19.7 Å². The molecule has 0 bridgehead atoms. The van der Waals surface area contributed by atoms with Crippen molar-refractivity contribution in [1.82, 2.24) is 19.8 Å². The zero-order valence-electron chi connectivity index (χ0n) is 11.4. The Bertz CT molecular complexity index is 346. The summed E-state index contributed by atoms with van der Waals surface area (Å²) in [6, 6.07) is 0.459. The number of imidazole rings is 1. The molecule has 0 amide bonds. The summed E-state index contributed by atoms with van der Waals surface area (Å²) in [7, 11) is 6.12. The van der Waals surface area contributed by atoms with Gasteiger partial charge < -0.3 is 14.8 Å². The Morgan fingerprint density at radius 3 is 2.53 bits per heavy atom. The van der Waals surface area contributed by atoms with Crippen molar-refractivity contribution in [3.63, 3.8) is 0 Å². The molecular weight excluding hydrogens is 236 g/mol. The molecule has 0 aliphatic rings. The third kappa shape index (κ3) is 4.30. The van der Waals surface area contributed by atoms with Crippen LogP contribution in [0.3, 0.4) is 0 Å². The van der Waals surface area contributed by atoms with E-state index in [2.05, 4.69) is 43.1 Å². The van der Waals surface area contributed by atoms with E-state index in [0.29, 0.717) is 17.1 Å². The van der Waals surface area contributed by atoms with Crippen LogP contribution in [0.25, 0.3) is 0 Å². The Balaban J connectivity index is 2.55. The molecule has 1 unspecified atom stereocenters. The van der Waals surface area contributed by atoms with Crippen molar-refractivity contribution in [2.45, 2.75) is 26.4 Å². The average molecular weight is 259 g/mol. The Morgan fingerprint density at radius 1 is 1.47 bits per heavy atom. The summed E-state index contributed by atoms with van der Waals surface area (Å²) in [5.41, 5.74) is 0. The molecule has 17 heavy (non-hydrogen) atoms. The van der Waals surface area contributed by atoms with Crippen molar-refractivity contribution in [3.05, 3.63) is 17.2 Å². The standard InChI is InChI=1S/C12H23ClN4/c1-9(2)10(8-16(3)4)14-7-12-15-6-11(13)17(12)5/h6,9-10,14H,7-8H2,1-5H3.